The highest BCUT2D eigenvalue weighted by Gasteiger charge is 2.27. The van der Waals surface area contributed by atoms with Crippen molar-refractivity contribution in [2.45, 2.75) is 36.0 Å². The van der Waals surface area contributed by atoms with Crippen molar-refractivity contribution in [3.63, 3.8) is 0 Å². The number of nitrogens with one attached hydrogen (secondary N) is 1. The Morgan fingerprint density at radius 3 is 2.64 bits per heavy atom. The Morgan fingerprint density at radius 1 is 1.41 bits per heavy atom. The van der Waals surface area contributed by atoms with Crippen LogP contribution in [0.4, 0.5) is 19.3 Å². The summed E-state index contributed by atoms with van der Waals surface area (Å²) < 4.78 is 24.5. The molecule has 0 spiro atoms. The number of rotatable bonds is 5. The van der Waals surface area contributed by atoms with Gasteiger partial charge in [0.2, 0.25) is 0 Å². The molecule has 0 unspecified atom stereocenters. The first-order valence-corrected chi connectivity index (χ1v) is 8.08. The van der Waals surface area contributed by atoms with Crippen LogP contribution in [0, 0.1) is 5.92 Å². The summed E-state index contributed by atoms with van der Waals surface area (Å²) in [5.41, 5.74) is 0.558. The lowest BCUT2D eigenvalue weighted by atomic mass is 10.1. The zero-order chi connectivity index (χ0) is 16.1. The van der Waals surface area contributed by atoms with Crippen LogP contribution >= 0.6 is 11.8 Å². The van der Waals surface area contributed by atoms with E-state index in [4.69, 9.17) is 0 Å². The lowest BCUT2D eigenvalue weighted by Crippen LogP contribution is -2.37. The number of thioether (sulfide) groups is 1. The van der Waals surface area contributed by atoms with Crippen LogP contribution in [0.15, 0.2) is 29.2 Å². The van der Waals surface area contributed by atoms with Gasteiger partial charge in [-0.2, -0.15) is 8.78 Å². The van der Waals surface area contributed by atoms with Crippen LogP contribution in [0.3, 0.4) is 0 Å². The van der Waals surface area contributed by atoms with Crippen LogP contribution in [0.1, 0.15) is 19.3 Å². The number of aliphatic hydroxyl groups is 1. The smallest absolute Gasteiger partial charge is 0.321 e. The molecule has 0 bridgehead atoms. The van der Waals surface area contributed by atoms with Gasteiger partial charge >= 0.3 is 6.03 Å². The summed E-state index contributed by atoms with van der Waals surface area (Å²) in [4.78, 5) is 14.1. The van der Waals surface area contributed by atoms with E-state index in [1.54, 1.807) is 36.2 Å². The maximum atomic E-state index is 12.2. The van der Waals surface area contributed by atoms with Gasteiger partial charge in [0, 0.05) is 30.1 Å². The standard InChI is InChI=1S/C15H20F2N2O2S/c1-19(9-10-3-2-4-13(10)20)15(21)18-11-5-7-12(8-6-11)22-14(16)17/h5-8,10,13-14,20H,2-4,9H2,1H3,(H,18,21)/t10-,13+/m1/s1. The van der Waals surface area contributed by atoms with E-state index >= 15 is 0 Å². The maximum absolute atomic E-state index is 12.2. The Labute approximate surface area is 132 Å². The third-order valence-corrected chi connectivity index (χ3v) is 4.53. The minimum atomic E-state index is -2.45. The number of benzene rings is 1. The summed E-state index contributed by atoms with van der Waals surface area (Å²) in [5.74, 6) is -2.33. The van der Waals surface area contributed by atoms with Gasteiger partial charge in [-0.3, -0.25) is 0 Å². The number of carbonyl (C=O) groups excluding carboxylic acids is 1. The number of nitrogens with zero attached hydrogens (tertiary/aromatic N) is 1. The molecule has 1 aliphatic carbocycles. The number of carbonyl (C=O) groups is 1. The number of hydrogen-bond donors (Lipinski definition) is 2. The Kier molecular flexibility index (Phi) is 6.02. The molecule has 4 nitrogen and oxygen atoms in total. The van der Waals surface area contributed by atoms with E-state index in [0.29, 0.717) is 28.9 Å². The van der Waals surface area contributed by atoms with Crippen molar-refractivity contribution in [1.82, 2.24) is 4.90 Å². The predicted octanol–water partition coefficient (Wildman–Crippen LogP) is 3.63. The van der Waals surface area contributed by atoms with Crippen LogP contribution in [-0.2, 0) is 0 Å². The van der Waals surface area contributed by atoms with Crippen molar-refractivity contribution >= 4 is 23.5 Å². The van der Waals surface area contributed by atoms with Gasteiger partial charge in [-0.1, -0.05) is 18.2 Å². The second kappa shape index (κ2) is 7.78. The van der Waals surface area contributed by atoms with E-state index < -0.39 is 5.76 Å². The number of anilines is 1. The van der Waals surface area contributed by atoms with E-state index in [1.165, 1.54) is 0 Å². The van der Waals surface area contributed by atoms with Gasteiger partial charge in [0.15, 0.2) is 0 Å². The van der Waals surface area contributed by atoms with Gasteiger partial charge in [-0.15, -0.1) is 0 Å². The SMILES string of the molecule is CN(C[C@H]1CCC[C@@H]1O)C(=O)Nc1ccc(SC(F)F)cc1. The molecule has 7 heteroatoms. The third-order valence-electron chi connectivity index (χ3n) is 3.80. The molecular weight excluding hydrogens is 310 g/mol. The van der Waals surface area contributed by atoms with E-state index in [-0.39, 0.29) is 18.1 Å². The van der Waals surface area contributed by atoms with Crippen molar-refractivity contribution in [2.24, 2.45) is 5.92 Å². The van der Waals surface area contributed by atoms with E-state index in [0.717, 1.165) is 19.3 Å². The molecule has 2 N–H and O–H groups in total. The van der Waals surface area contributed by atoms with Crippen LogP contribution < -0.4 is 5.32 Å². The summed E-state index contributed by atoms with van der Waals surface area (Å²) in [6.45, 7) is 0.506. The number of amides is 2. The molecule has 0 radical (unpaired) electrons. The van der Waals surface area contributed by atoms with Crippen LogP contribution in [0.5, 0.6) is 0 Å². The van der Waals surface area contributed by atoms with Crippen LogP contribution in [0.25, 0.3) is 0 Å². The van der Waals surface area contributed by atoms with Crippen LogP contribution in [-0.4, -0.2) is 41.5 Å². The molecule has 1 aromatic rings. The molecule has 2 rings (SSSR count). The minimum Gasteiger partial charge on any atom is -0.393 e. The summed E-state index contributed by atoms with van der Waals surface area (Å²) >= 11 is 0.470. The first-order chi connectivity index (χ1) is 10.5. The molecule has 1 aliphatic rings. The van der Waals surface area contributed by atoms with Crippen molar-refractivity contribution < 1.29 is 18.7 Å². The van der Waals surface area contributed by atoms with Crippen molar-refractivity contribution in [3.8, 4) is 0 Å². The van der Waals surface area contributed by atoms with Gasteiger partial charge in [-0.05, 0) is 37.1 Å². The first-order valence-electron chi connectivity index (χ1n) is 7.21. The van der Waals surface area contributed by atoms with Crippen molar-refractivity contribution in [1.29, 1.82) is 0 Å². The summed E-state index contributed by atoms with van der Waals surface area (Å²) in [7, 11) is 1.68. The third kappa shape index (κ3) is 4.84. The summed E-state index contributed by atoms with van der Waals surface area (Å²) in [6, 6.07) is 6.02. The fourth-order valence-corrected chi connectivity index (χ4v) is 3.10. The molecule has 0 aliphatic heterocycles. The maximum Gasteiger partial charge on any atom is 0.321 e. The average Bonchev–Trinajstić information content (AvgIpc) is 2.86. The molecule has 0 aromatic heterocycles. The number of urea groups is 1. The molecular formula is C15H20F2N2O2S. The first kappa shape index (κ1) is 17.0. The predicted molar refractivity (Wildman–Crippen MR) is 83.3 cm³/mol. The average molecular weight is 330 g/mol. The second-order valence-corrected chi connectivity index (χ2v) is 6.54. The number of alkyl halides is 2. The van der Waals surface area contributed by atoms with Crippen molar-refractivity contribution in [2.75, 3.05) is 18.9 Å². The lowest BCUT2D eigenvalue weighted by Gasteiger charge is -2.23. The summed E-state index contributed by atoms with van der Waals surface area (Å²) in [6.07, 6.45) is 2.38. The molecule has 2 atom stereocenters. The number of halogens is 2. The van der Waals surface area contributed by atoms with E-state index in [2.05, 4.69) is 5.32 Å². The zero-order valence-electron chi connectivity index (χ0n) is 12.3. The van der Waals surface area contributed by atoms with Crippen LogP contribution in [0.2, 0.25) is 0 Å². The van der Waals surface area contributed by atoms with Gasteiger partial charge in [0.1, 0.15) is 0 Å². The fraction of sp³-hybridized carbons (Fsp3) is 0.533. The summed E-state index contributed by atoms with van der Waals surface area (Å²) in [5, 5.41) is 12.5. The minimum absolute atomic E-state index is 0.126. The van der Waals surface area contributed by atoms with E-state index in [9.17, 15) is 18.7 Å². The molecule has 1 aromatic carbocycles. The number of hydrogen-bond acceptors (Lipinski definition) is 3. The lowest BCUT2D eigenvalue weighted by molar-refractivity contribution is 0.116. The molecule has 22 heavy (non-hydrogen) atoms. The highest BCUT2D eigenvalue weighted by Crippen LogP contribution is 2.27. The molecule has 2 amide bonds. The zero-order valence-corrected chi connectivity index (χ0v) is 13.2. The van der Waals surface area contributed by atoms with E-state index in [1.807, 2.05) is 0 Å². The molecule has 122 valence electrons. The largest absolute Gasteiger partial charge is 0.393 e. The normalized spacial score (nSPS) is 21.1. The molecule has 0 heterocycles. The molecule has 0 saturated heterocycles. The topological polar surface area (TPSA) is 52.6 Å². The number of aliphatic hydroxyl groups excluding tert-OH is 1. The highest BCUT2D eigenvalue weighted by molar-refractivity contribution is 7.99. The molecule has 1 fully saturated rings. The molecule has 1 saturated carbocycles. The fourth-order valence-electron chi connectivity index (χ4n) is 2.60. The highest BCUT2D eigenvalue weighted by atomic mass is 32.2. The van der Waals surface area contributed by atoms with Gasteiger partial charge in [0.05, 0.1) is 6.10 Å². The Morgan fingerprint density at radius 2 is 2.09 bits per heavy atom. The monoisotopic (exact) mass is 330 g/mol. The Balaban J connectivity index is 1.85. The Bertz CT molecular complexity index is 499. The van der Waals surface area contributed by atoms with Gasteiger partial charge in [-0.25, -0.2) is 4.79 Å². The Hall–Kier alpha value is -1.34. The van der Waals surface area contributed by atoms with Gasteiger partial charge < -0.3 is 15.3 Å². The van der Waals surface area contributed by atoms with Crippen molar-refractivity contribution in [3.05, 3.63) is 24.3 Å². The quantitative estimate of drug-likeness (QED) is 0.811. The van der Waals surface area contributed by atoms with Gasteiger partial charge in [0.25, 0.3) is 5.76 Å². The second-order valence-electron chi connectivity index (χ2n) is 5.47.